The fourth-order valence-corrected chi connectivity index (χ4v) is 7.30. The number of rotatable bonds is 42. The highest BCUT2D eigenvalue weighted by molar-refractivity contribution is 5.69. The maximum Gasteiger partial charge on any atom is 0.306 e. The molecule has 6 unspecified atom stereocenters. The Bertz CT molecular complexity index is 1120. The van der Waals surface area contributed by atoms with E-state index in [2.05, 4.69) is 74.6 Å². The van der Waals surface area contributed by atoms with E-state index in [-0.39, 0.29) is 19.2 Å². The molecular formula is C52H92O9. The van der Waals surface area contributed by atoms with Gasteiger partial charge in [-0.1, -0.05) is 177 Å². The first-order valence-electron chi connectivity index (χ1n) is 24.9. The Morgan fingerprint density at radius 2 is 1.00 bits per heavy atom. The zero-order chi connectivity index (χ0) is 44.3. The van der Waals surface area contributed by atoms with Crippen LogP contribution in [0.15, 0.2) is 60.8 Å². The van der Waals surface area contributed by atoms with E-state index in [9.17, 15) is 25.2 Å². The maximum atomic E-state index is 12.8. The van der Waals surface area contributed by atoms with Gasteiger partial charge in [0.1, 0.15) is 30.5 Å². The topological polar surface area (TPSA) is 135 Å². The zero-order valence-electron chi connectivity index (χ0n) is 38.9. The van der Waals surface area contributed by atoms with Crippen molar-refractivity contribution in [2.24, 2.45) is 0 Å². The Morgan fingerprint density at radius 1 is 0.541 bits per heavy atom. The number of hydrogen-bond donors (Lipinski definition) is 4. The molecule has 1 rings (SSSR count). The Morgan fingerprint density at radius 3 is 1.52 bits per heavy atom. The highest BCUT2D eigenvalue weighted by Crippen LogP contribution is 2.22. The lowest BCUT2D eigenvalue weighted by Gasteiger charge is -2.39. The van der Waals surface area contributed by atoms with Gasteiger partial charge in [-0.05, 0) is 77.0 Å². The molecule has 0 radical (unpaired) electrons. The molecule has 1 aliphatic rings. The maximum absolute atomic E-state index is 12.8. The molecule has 1 fully saturated rings. The molecule has 1 heterocycles. The highest BCUT2D eigenvalue weighted by atomic mass is 16.7. The van der Waals surface area contributed by atoms with Gasteiger partial charge in [0.25, 0.3) is 0 Å². The molecule has 0 spiro atoms. The summed E-state index contributed by atoms with van der Waals surface area (Å²) in [5.41, 5.74) is 0. The Hall–Kier alpha value is -2.11. The lowest BCUT2D eigenvalue weighted by atomic mass is 9.99. The van der Waals surface area contributed by atoms with Gasteiger partial charge in [0, 0.05) is 13.0 Å². The van der Waals surface area contributed by atoms with Gasteiger partial charge in [0.05, 0.1) is 19.8 Å². The molecule has 0 saturated carbocycles. The molecule has 1 saturated heterocycles. The number of esters is 1. The average molecular weight is 861 g/mol. The van der Waals surface area contributed by atoms with Crippen molar-refractivity contribution in [2.75, 3.05) is 26.4 Å². The summed E-state index contributed by atoms with van der Waals surface area (Å²) < 4.78 is 22.9. The molecule has 9 heteroatoms. The van der Waals surface area contributed by atoms with Crippen molar-refractivity contribution in [1.82, 2.24) is 0 Å². The van der Waals surface area contributed by atoms with Crippen molar-refractivity contribution in [1.29, 1.82) is 0 Å². The molecular weight excluding hydrogens is 769 g/mol. The Balaban J connectivity index is 2.24. The van der Waals surface area contributed by atoms with E-state index in [4.69, 9.17) is 18.9 Å². The number of allylic oxidation sites excluding steroid dienone is 10. The number of ether oxygens (including phenoxy) is 4. The van der Waals surface area contributed by atoms with Crippen LogP contribution in [0.25, 0.3) is 0 Å². The van der Waals surface area contributed by atoms with Gasteiger partial charge in [-0.3, -0.25) is 4.79 Å². The summed E-state index contributed by atoms with van der Waals surface area (Å²) in [6.07, 6.45) is 48.2. The van der Waals surface area contributed by atoms with E-state index in [1.165, 1.54) is 109 Å². The molecule has 6 atom stereocenters. The first kappa shape index (κ1) is 56.9. The molecule has 0 bridgehead atoms. The van der Waals surface area contributed by atoms with Crippen molar-refractivity contribution >= 4 is 5.97 Å². The van der Waals surface area contributed by atoms with Crippen molar-refractivity contribution in [3.8, 4) is 0 Å². The summed E-state index contributed by atoms with van der Waals surface area (Å²) >= 11 is 0. The summed E-state index contributed by atoms with van der Waals surface area (Å²) in [5.74, 6) is -0.323. The molecule has 0 aliphatic carbocycles. The first-order chi connectivity index (χ1) is 29.9. The molecule has 61 heavy (non-hydrogen) atoms. The summed E-state index contributed by atoms with van der Waals surface area (Å²) in [5, 5.41) is 40.2. The summed E-state index contributed by atoms with van der Waals surface area (Å²) in [4.78, 5) is 12.8. The van der Waals surface area contributed by atoms with E-state index in [1.54, 1.807) is 0 Å². The van der Waals surface area contributed by atoms with E-state index in [0.29, 0.717) is 13.0 Å². The number of carbonyl (C=O) groups is 1. The zero-order valence-corrected chi connectivity index (χ0v) is 38.9. The van der Waals surface area contributed by atoms with Crippen molar-refractivity contribution in [3.63, 3.8) is 0 Å². The third kappa shape index (κ3) is 34.0. The smallest absolute Gasteiger partial charge is 0.306 e. The van der Waals surface area contributed by atoms with Crippen LogP contribution in [0.1, 0.15) is 200 Å². The number of aliphatic hydroxyl groups excluding tert-OH is 4. The number of carbonyl (C=O) groups excluding carboxylic acids is 1. The van der Waals surface area contributed by atoms with Gasteiger partial charge >= 0.3 is 5.97 Å². The average Bonchev–Trinajstić information content (AvgIpc) is 3.26. The minimum absolute atomic E-state index is 0.121. The van der Waals surface area contributed by atoms with Crippen LogP contribution in [0.5, 0.6) is 0 Å². The molecule has 0 aromatic heterocycles. The van der Waals surface area contributed by atoms with Crippen LogP contribution < -0.4 is 0 Å². The molecule has 354 valence electrons. The largest absolute Gasteiger partial charge is 0.457 e. The lowest BCUT2D eigenvalue weighted by molar-refractivity contribution is -0.305. The fourth-order valence-electron chi connectivity index (χ4n) is 7.30. The van der Waals surface area contributed by atoms with Crippen molar-refractivity contribution in [3.05, 3.63) is 60.8 Å². The van der Waals surface area contributed by atoms with Gasteiger partial charge < -0.3 is 39.4 Å². The lowest BCUT2D eigenvalue weighted by Crippen LogP contribution is -2.59. The van der Waals surface area contributed by atoms with E-state index < -0.39 is 43.4 Å². The minimum Gasteiger partial charge on any atom is -0.457 e. The molecule has 9 nitrogen and oxygen atoms in total. The quantitative estimate of drug-likeness (QED) is 0.0269. The summed E-state index contributed by atoms with van der Waals surface area (Å²) in [6.45, 7) is 4.42. The normalized spacial score (nSPS) is 20.4. The number of hydrogen-bond acceptors (Lipinski definition) is 9. The van der Waals surface area contributed by atoms with E-state index in [1.807, 2.05) is 0 Å². The Kier molecular flexibility index (Phi) is 40.3. The summed E-state index contributed by atoms with van der Waals surface area (Å²) in [6, 6.07) is 0. The molecule has 0 aromatic rings. The molecule has 0 amide bonds. The molecule has 4 N–H and O–H groups in total. The highest BCUT2D eigenvalue weighted by Gasteiger charge is 2.44. The van der Waals surface area contributed by atoms with Crippen LogP contribution in [0, 0.1) is 0 Å². The van der Waals surface area contributed by atoms with E-state index >= 15 is 0 Å². The van der Waals surface area contributed by atoms with Gasteiger partial charge in [-0.15, -0.1) is 0 Å². The van der Waals surface area contributed by atoms with Crippen LogP contribution in [0.2, 0.25) is 0 Å². The van der Waals surface area contributed by atoms with Crippen LogP contribution in [0.4, 0.5) is 0 Å². The second-order valence-electron chi connectivity index (χ2n) is 16.9. The minimum atomic E-state index is -1.54. The van der Waals surface area contributed by atoms with Gasteiger partial charge in [0.2, 0.25) is 0 Å². The Labute approximate surface area is 373 Å². The van der Waals surface area contributed by atoms with Crippen LogP contribution >= 0.6 is 0 Å². The third-order valence-electron chi connectivity index (χ3n) is 11.2. The van der Waals surface area contributed by atoms with Gasteiger partial charge in [-0.25, -0.2) is 0 Å². The standard InChI is InChI=1S/C52H92O9/c1-3-5-7-9-11-13-15-17-19-21-23-24-26-28-30-32-34-36-38-40-42-58-44-46(45-59-52-51(57)50(56)49(55)47(43-53)61-52)60-48(54)41-39-37-35-33-31-29-27-25-22-20-18-16-14-12-10-8-6-4-2/h5,7,11,13,17,19-20,22-24,46-47,49-53,55-57H,3-4,6,8-10,12,14-16,18,21,25-45H2,1-2H3/b7-5-,13-11-,19-17-,22-20-,24-23-. The van der Waals surface area contributed by atoms with Crippen LogP contribution in [-0.2, 0) is 23.7 Å². The van der Waals surface area contributed by atoms with Crippen LogP contribution in [-0.4, -0.2) is 89.6 Å². The van der Waals surface area contributed by atoms with Crippen molar-refractivity contribution in [2.45, 2.75) is 237 Å². The molecule has 0 aromatic carbocycles. The predicted molar refractivity (Wildman–Crippen MR) is 251 cm³/mol. The van der Waals surface area contributed by atoms with Crippen LogP contribution in [0.3, 0.4) is 0 Å². The summed E-state index contributed by atoms with van der Waals surface area (Å²) in [7, 11) is 0. The van der Waals surface area contributed by atoms with Gasteiger partial charge in [-0.2, -0.15) is 0 Å². The van der Waals surface area contributed by atoms with E-state index in [0.717, 1.165) is 70.6 Å². The third-order valence-corrected chi connectivity index (χ3v) is 11.2. The second kappa shape index (κ2) is 43.2. The fraction of sp³-hybridized carbons (Fsp3) is 0.788. The monoisotopic (exact) mass is 861 g/mol. The number of aliphatic hydroxyl groups is 4. The first-order valence-corrected chi connectivity index (χ1v) is 24.9. The predicted octanol–water partition coefficient (Wildman–Crippen LogP) is 11.9. The van der Waals surface area contributed by atoms with Gasteiger partial charge in [0.15, 0.2) is 6.29 Å². The molecule has 1 aliphatic heterocycles. The SMILES string of the molecule is CC/C=C\C/C=C\C/C=C\C/C=C\CCCCCCCCCOCC(COC1OC(CO)C(O)C(O)C1O)OC(=O)CCCCCCCCC/C=C\CCCCCCCCC. The van der Waals surface area contributed by atoms with Crippen molar-refractivity contribution < 1.29 is 44.2 Å². The second-order valence-corrected chi connectivity index (χ2v) is 16.9. The number of unbranched alkanes of at least 4 members (excludes halogenated alkanes) is 21.